The van der Waals surface area contributed by atoms with E-state index in [2.05, 4.69) is 20.0 Å². The molecule has 1 aromatic heterocycles. The quantitative estimate of drug-likeness (QED) is 0.728. The third-order valence-electron chi connectivity index (χ3n) is 3.85. The van der Waals surface area contributed by atoms with Gasteiger partial charge < -0.3 is 20.1 Å². The van der Waals surface area contributed by atoms with Gasteiger partial charge in [-0.15, -0.1) is 0 Å². The van der Waals surface area contributed by atoms with Crippen LogP contribution in [0.15, 0.2) is 35.6 Å². The number of ether oxygens (including phenoxy) is 1. The Kier molecular flexibility index (Phi) is 6.60. The standard InChI is InChI=1S/C17H19F3N4O4/c1-3-13(25)23-16-22-12(15(26)27)6-7-24(16)10(2)11-4-5-14(21-8-11)28-9-17(18,19)20/h4-8,10,16H,3,9H2,1-2H3,(H,23,25)(H,26,27). The number of nitrogens with zero attached hydrogens (tertiary/aromatic N) is 3. The van der Waals surface area contributed by atoms with E-state index in [0.717, 1.165) is 0 Å². The molecule has 0 saturated heterocycles. The summed E-state index contributed by atoms with van der Waals surface area (Å²) in [6.45, 7) is 1.96. The molecule has 1 amide bonds. The molecule has 11 heteroatoms. The largest absolute Gasteiger partial charge is 0.477 e. The van der Waals surface area contributed by atoms with E-state index in [9.17, 15) is 22.8 Å². The Hall–Kier alpha value is -3.11. The molecule has 2 rings (SSSR count). The molecule has 1 aromatic rings. The molecular formula is C17H19F3N4O4. The number of pyridine rings is 1. The van der Waals surface area contributed by atoms with Crippen molar-refractivity contribution >= 4 is 17.6 Å². The minimum absolute atomic E-state index is 0.176. The van der Waals surface area contributed by atoms with Crippen LogP contribution in [0.4, 0.5) is 13.2 Å². The van der Waals surface area contributed by atoms with E-state index < -0.39 is 31.1 Å². The van der Waals surface area contributed by atoms with Gasteiger partial charge in [0.1, 0.15) is 5.71 Å². The Bertz CT molecular complexity index is 778. The van der Waals surface area contributed by atoms with Gasteiger partial charge >= 0.3 is 12.1 Å². The lowest BCUT2D eigenvalue weighted by molar-refractivity contribution is -0.154. The molecule has 0 spiro atoms. The van der Waals surface area contributed by atoms with Crippen molar-refractivity contribution in [2.45, 2.75) is 38.8 Å². The van der Waals surface area contributed by atoms with Crippen molar-refractivity contribution in [3.63, 3.8) is 0 Å². The number of alkyl halides is 3. The van der Waals surface area contributed by atoms with Crippen LogP contribution in [0, 0.1) is 0 Å². The van der Waals surface area contributed by atoms with Crippen molar-refractivity contribution in [1.82, 2.24) is 15.2 Å². The molecule has 28 heavy (non-hydrogen) atoms. The molecule has 0 aromatic carbocycles. The Labute approximate surface area is 158 Å². The SMILES string of the molecule is CCC(=O)NC1N=C(C(=O)O)C=CN1C(C)c1ccc(OCC(F)(F)F)nc1. The molecule has 0 bridgehead atoms. The molecule has 2 atom stereocenters. The van der Waals surface area contributed by atoms with Gasteiger partial charge in [0.2, 0.25) is 11.8 Å². The Morgan fingerprint density at radius 3 is 2.64 bits per heavy atom. The van der Waals surface area contributed by atoms with Crippen LogP contribution >= 0.6 is 0 Å². The average molecular weight is 400 g/mol. The molecule has 1 aliphatic rings. The van der Waals surface area contributed by atoms with Crippen LogP contribution in [0.3, 0.4) is 0 Å². The highest BCUT2D eigenvalue weighted by molar-refractivity contribution is 6.40. The van der Waals surface area contributed by atoms with Crippen molar-refractivity contribution in [2.24, 2.45) is 4.99 Å². The summed E-state index contributed by atoms with van der Waals surface area (Å²) in [7, 11) is 0. The summed E-state index contributed by atoms with van der Waals surface area (Å²) in [5.41, 5.74) is 0.396. The van der Waals surface area contributed by atoms with Crippen molar-refractivity contribution in [3.05, 3.63) is 36.2 Å². The highest BCUT2D eigenvalue weighted by atomic mass is 19.4. The second-order valence-electron chi connectivity index (χ2n) is 5.89. The highest BCUT2D eigenvalue weighted by Gasteiger charge is 2.29. The average Bonchev–Trinajstić information content (AvgIpc) is 2.65. The Morgan fingerprint density at radius 1 is 1.39 bits per heavy atom. The van der Waals surface area contributed by atoms with E-state index in [4.69, 9.17) is 5.11 Å². The summed E-state index contributed by atoms with van der Waals surface area (Å²) in [6, 6.07) is 2.42. The Morgan fingerprint density at radius 2 is 2.11 bits per heavy atom. The number of aliphatic imine (C=N–C) groups is 1. The van der Waals surface area contributed by atoms with E-state index in [1.807, 2.05) is 0 Å². The van der Waals surface area contributed by atoms with E-state index in [1.165, 1.54) is 30.6 Å². The zero-order chi connectivity index (χ0) is 20.9. The van der Waals surface area contributed by atoms with Gasteiger partial charge in [-0.3, -0.25) is 4.79 Å². The number of carboxylic acid groups (broad SMARTS) is 1. The first kappa shape index (κ1) is 21.2. The molecule has 2 N–H and O–H groups in total. The lowest BCUT2D eigenvalue weighted by Gasteiger charge is -2.35. The number of carbonyl (C=O) groups excluding carboxylic acids is 1. The van der Waals surface area contributed by atoms with E-state index >= 15 is 0 Å². The van der Waals surface area contributed by atoms with Crippen LogP contribution in [0.5, 0.6) is 5.88 Å². The lowest BCUT2D eigenvalue weighted by atomic mass is 10.1. The maximum atomic E-state index is 12.2. The molecule has 0 saturated carbocycles. The van der Waals surface area contributed by atoms with Gasteiger partial charge in [-0.1, -0.05) is 13.0 Å². The second-order valence-corrected chi connectivity index (χ2v) is 5.89. The molecule has 0 aliphatic carbocycles. The first-order valence-electron chi connectivity index (χ1n) is 8.32. The first-order valence-corrected chi connectivity index (χ1v) is 8.32. The highest BCUT2D eigenvalue weighted by Crippen LogP contribution is 2.26. The number of carboxylic acids is 1. The summed E-state index contributed by atoms with van der Waals surface area (Å²) in [5.74, 6) is -1.73. The zero-order valence-electron chi connectivity index (χ0n) is 15.1. The van der Waals surface area contributed by atoms with Crippen molar-refractivity contribution in [3.8, 4) is 5.88 Å². The minimum Gasteiger partial charge on any atom is -0.477 e. The fourth-order valence-corrected chi connectivity index (χ4v) is 2.35. The summed E-state index contributed by atoms with van der Waals surface area (Å²) in [4.78, 5) is 32.4. The fraction of sp³-hybridized carbons (Fsp3) is 0.412. The van der Waals surface area contributed by atoms with E-state index in [-0.39, 0.29) is 23.9 Å². The maximum Gasteiger partial charge on any atom is 0.422 e. The summed E-state index contributed by atoms with van der Waals surface area (Å²) < 4.78 is 41.2. The zero-order valence-corrected chi connectivity index (χ0v) is 15.1. The van der Waals surface area contributed by atoms with Crippen LogP contribution in [0.25, 0.3) is 0 Å². The Balaban J connectivity index is 2.16. The number of amides is 1. The van der Waals surface area contributed by atoms with Crippen LogP contribution in [-0.2, 0) is 9.59 Å². The van der Waals surface area contributed by atoms with Crippen LogP contribution < -0.4 is 10.1 Å². The summed E-state index contributed by atoms with van der Waals surface area (Å²) >= 11 is 0. The topological polar surface area (TPSA) is 104 Å². The van der Waals surface area contributed by atoms with Crippen molar-refractivity contribution in [1.29, 1.82) is 0 Å². The third-order valence-corrected chi connectivity index (χ3v) is 3.85. The smallest absolute Gasteiger partial charge is 0.422 e. The summed E-state index contributed by atoms with van der Waals surface area (Å²) in [6.07, 6.45) is -1.10. The number of aromatic nitrogens is 1. The van der Waals surface area contributed by atoms with Gasteiger partial charge in [-0.05, 0) is 18.6 Å². The van der Waals surface area contributed by atoms with Crippen LogP contribution in [0.1, 0.15) is 31.9 Å². The molecule has 8 nitrogen and oxygen atoms in total. The molecular weight excluding hydrogens is 381 g/mol. The predicted molar refractivity (Wildman–Crippen MR) is 92.5 cm³/mol. The monoisotopic (exact) mass is 400 g/mol. The number of nitrogens with one attached hydrogen (secondary N) is 1. The molecule has 2 unspecified atom stereocenters. The molecule has 152 valence electrons. The van der Waals surface area contributed by atoms with E-state index in [0.29, 0.717) is 5.56 Å². The maximum absolute atomic E-state index is 12.2. The first-order chi connectivity index (χ1) is 13.1. The van der Waals surface area contributed by atoms with E-state index in [1.54, 1.807) is 18.7 Å². The van der Waals surface area contributed by atoms with Gasteiger partial charge in [-0.25, -0.2) is 14.8 Å². The lowest BCUT2D eigenvalue weighted by Crippen LogP contribution is -2.47. The van der Waals surface area contributed by atoms with Gasteiger partial charge in [0.25, 0.3) is 0 Å². The van der Waals surface area contributed by atoms with Gasteiger partial charge in [0, 0.05) is 24.9 Å². The van der Waals surface area contributed by atoms with Gasteiger partial charge in [0.05, 0.1) is 6.04 Å². The molecule has 2 heterocycles. The number of carbonyl (C=O) groups is 2. The molecule has 0 fully saturated rings. The number of halogens is 3. The fourth-order valence-electron chi connectivity index (χ4n) is 2.35. The number of hydrogen-bond acceptors (Lipinski definition) is 6. The van der Waals surface area contributed by atoms with Gasteiger partial charge in [0.15, 0.2) is 12.9 Å². The molecule has 0 radical (unpaired) electrons. The predicted octanol–water partition coefficient (Wildman–Crippen LogP) is 2.25. The summed E-state index contributed by atoms with van der Waals surface area (Å²) in [5, 5.41) is 11.7. The van der Waals surface area contributed by atoms with Crippen LogP contribution in [0.2, 0.25) is 0 Å². The van der Waals surface area contributed by atoms with Crippen LogP contribution in [-0.4, -0.2) is 51.7 Å². The molecule has 1 aliphatic heterocycles. The second kappa shape index (κ2) is 8.72. The van der Waals surface area contributed by atoms with Gasteiger partial charge in [-0.2, -0.15) is 13.2 Å². The number of hydrogen-bond donors (Lipinski definition) is 2. The normalized spacial score (nSPS) is 17.7. The number of aliphatic carboxylic acids is 1. The third kappa shape index (κ3) is 5.69. The van der Waals surface area contributed by atoms with Crippen molar-refractivity contribution in [2.75, 3.05) is 6.61 Å². The number of rotatable bonds is 7. The minimum atomic E-state index is -4.46. The van der Waals surface area contributed by atoms with Crippen molar-refractivity contribution < 1.29 is 32.6 Å².